The van der Waals surface area contributed by atoms with E-state index in [-0.39, 0.29) is 11.7 Å². The van der Waals surface area contributed by atoms with Crippen LogP contribution in [0.25, 0.3) is 0 Å². The number of phenols is 1. The van der Waals surface area contributed by atoms with Crippen LogP contribution in [0.1, 0.15) is 21.5 Å². The van der Waals surface area contributed by atoms with Crippen molar-refractivity contribution in [3.63, 3.8) is 0 Å². The summed E-state index contributed by atoms with van der Waals surface area (Å²) in [5, 5.41) is 10.1. The van der Waals surface area contributed by atoms with Crippen molar-refractivity contribution in [2.24, 2.45) is 0 Å². The zero-order valence-electron chi connectivity index (χ0n) is 11.9. The number of hydrogen-bond donors (Lipinski definition) is 1. The molecule has 3 rings (SSSR count). The molecular weight excluding hydrogens is 266 g/mol. The van der Waals surface area contributed by atoms with Gasteiger partial charge in [0.2, 0.25) is 0 Å². The van der Waals surface area contributed by atoms with Crippen LogP contribution in [0.15, 0.2) is 42.5 Å². The number of benzene rings is 2. The Hall–Kier alpha value is -2.49. The van der Waals surface area contributed by atoms with Crippen molar-refractivity contribution in [3.8, 4) is 11.5 Å². The first-order chi connectivity index (χ1) is 10.2. The lowest BCUT2D eigenvalue weighted by molar-refractivity contribution is 0.0725. The number of methoxy groups -OCH3 is 1. The molecule has 0 unspecified atom stereocenters. The summed E-state index contributed by atoms with van der Waals surface area (Å²) < 4.78 is 5.09. The van der Waals surface area contributed by atoms with E-state index in [2.05, 4.69) is 0 Å². The zero-order valence-corrected chi connectivity index (χ0v) is 11.9. The van der Waals surface area contributed by atoms with Crippen molar-refractivity contribution in [1.82, 2.24) is 4.90 Å². The van der Waals surface area contributed by atoms with Gasteiger partial charge < -0.3 is 14.7 Å². The van der Waals surface area contributed by atoms with Gasteiger partial charge in [-0.3, -0.25) is 4.79 Å². The fraction of sp³-hybridized carbons (Fsp3) is 0.235. The fourth-order valence-electron chi connectivity index (χ4n) is 2.71. The van der Waals surface area contributed by atoms with Crippen LogP contribution in [0.4, 0.5) is 0 Å². The van der Waals surface area contributed by atoms with Gasteiger partial charge in [-0.05, 0) is 24.1 Å². The summed E-state index contributed by atoms with van der Waals surface area (Å²) in [6.07, 6.45) is 0.636. The van der Waals surface area contributed by atoms with E-state index in [0.29, 0.717) is 36.4 Å². The first-order valence-electron chi connectivity index (χ1n) is 6.92. The Balaban J connectivity index is 1.88. The van der Waals surface area contributed by atoms with Crippen molar-refractivity contribution < 1.29 is 14.6 Å². The van der Waals surface area contributed by atoms with Crippen LogP contribution in [0.3, 0.4) is 0 Å². The number of carbonyl (C=O) groups excluding carboxylic acids is 1. The quantitative estimate of drug-likeness (QED) is 0.942. The predicted octanol–water partition coefficient (Wildman–Crippen LogP) is 2.60. The van der Waals surface area contributed by atoms with Gasteiger partial charge in [-0.2, -0.15) is 0 Å². The molecule has 4 heteroatoms. The van der Waals surface area contributed by atoms with E-state index in [4.69, 9.17) is 4.74 Å². The third-order valence-electron chi connectivity index (χ3n) is 3.83. The number of amides is 1. The van der Waals surface area contributed by atoms with E-state index in [1.807, 2.05) is 35.2 Å². The predicted molar refractivity (Wildman–Crippen MR) is 79.5 cm³/mol. The summed E-state index contributed by atoms with van der Waals surface area (Å²) >= 11 is 0. The van der Waals surface area contributed by atoms with E-state index in [1.54, 1.807) is 12.1 Å². The van der Waals surface area contributed by atoms with Crippen molar-refractivity contribution in [2.45, 2.75) is 13.0 Å². The second-order valence-corrected chi connectivity index (χ2v) is 5.10. The van der Waals surface area contributed by atoms with Gasteiger partial charge in [0.05, 0.1) is 7.11 Å². The van der Waals surface area contributed by atoms with Crippen molar-refractivity contribution in [3.05, 3.63) is 59.2 Å². The molecule has 0 aliphatic carbocycles. The molecule has 2 aromatic carbocycles. The van der Waals surface area contributed by atoms with Gasteiger partial charge in [0.25, 0.3) is 5.91 Å². The Bertz CT molecular complexity index is 667. The summed E-state index contributed by atoms with van der Waals surface area (Å²) in [6.45, 7) is 1.19. The summed E-state index contributed by atoms with van der Waals surface area (Å²) in [5.41, 5.74) is 2.35. The number of nitrogens with zero attached hydrogens (tertiary/aromatic N) is 1. The number of aromatic hydroxyl groups is 1. The monoisotopic (exact) mass is 283 g/mol. The summed E-state index contributed by atoms with van der Waals surface area (Å²) in [4.78, 5) is 14.4. The number of carbonyl (C=O) groups is 1. The highest BCUT2D eigenvalue weighted by Gasteiger charge is 2.27. The van der Waals surface area contributed by atoms with Crippen LogP contribution in [0, 0.1) is 0 Å². The largest absolute Gasteiger partial charge is 0.504 e. The molecule has 0 aromatic heterocycles. The Labute approximate surface area is 123 Å². The minimum Gasteiger partial charge on any atom is -0.504 e. The molecule has 1 heterocycles. The number of rotatable bonds is 3. The highest BCUT2D eigenvalue weighted by atomic mass is 16.5. The first kappa shape index (κ1) is 13.5. The molecule has 0 fully saturated rings. The minimum atomic E-state index is -0.0435. The van der Waals surface area contributed by atoms with Crippen LogP contribution in [-0.4, -0.2) is 29.6 Å². The smallest absolute Gasteiger partial charge is 0.254 e. The van der Waals surface area contributed by atoms with Crippen LogP contribution in [0.2, 0.25) is 0 Å². The highest BCUT2D eigenvalue weighted by molar-refractivity contribution is 5.97. The lowest BCUT2D eigenvalue weighted by atomic mass is 9.97. The second-order valence-electron chi connectivity index (χ2n) is 5.10. The molecular formula is C17H17NO3. The molecule has 1 aliphatic heterocycles. The first-order valence-corrected chi connectivity index (χ1v) is 6.92. The lowest BCUT2D eigenvalue weighted by Gasteiger charge is -2.29. The van der Waals surface area contributed by atoms with Gasteiger partial charge >= 0.3 is 0 Å². The summed E-state index contributed by atoms with van der Waals surface area (Å²) in [6, 6.07) is 13.3. The normalized spacial score (nSPS) is 14.0. The van der Waals surface area contributed by atoms with Gasteiger partial charge in [-0.1, -0.05) is 30.3 Å². The number of ether oxygens (including phenoxy) is 1. The summed E-state index contributed by atoms with van der Waals surface area (Å²) in [5.74, 6) is 0.457. The van der Waals surface area contributed by atoms with Gasteiger partial charge in [0.1, 0.15) is 0 Å². The van der Waals surface area contributed by atoms with E-state index in [0.717, 1.165) is 5.56 Å². The van der Waals surface area contributed by atoms with Crippen molar-refractivity contribution in [1.29, 1.82) is 0 Å². The van der Waals surface area contributed by atoms with E-state index >= 15 is 0 Å². The molecule has 0 atom stereocenters. The SMILES string of the molecule is COc1ccc2c(c1O)CCN(Cc1ccccc1)C2=O. The molecule has 2 aromatic rings. The van der Waals surface area contributed by atoms with Crippen LogP contribution >= 0.6 is 0 Å². The Morgan fingerprint density at radius 2 is 1.95 bits per heavy atom. The van der Waals surface area contributed by atoms with Crippen LogP contribution in [0.5, 0.6) is 11.5 Å². The minimum absolute atomic E-state index is 0.0435. The number of fused-ring (bicyclic) bond motifs is 1. The lowest BCUT2D eigenvalue weighted by Crippen LogP contribution is -2.37. The van der Waals surface area contributed by atoms with Crippen LogP contribution < -0.4 is 4.74 Å². The maximum absolute atomic E-state index is 12.5. The second kappa shape index (κ2) is 5.48. The zero-order chi connectivity index (χ0) is 14.8. The fourth-order valence-corrected chi connectivity index (χ4v) is 2.71. The molecule has 1 aliphatic rings. The van der Waals surface area contributed by atoms with E-state index in [9.17, 15) is 9.90 Å². The van der Waals surface area contributed by atoms with Gasteiger partial charge in [-0.15, -0.1) is 0 Å². The summed E-state index contributed by atoms with van der Waals surface area (Å²) in [7, 11) is 1.51. The topological polar surface area (TPSA) is 49.8 Å². The average molecular weight is 283 g/mol. The average Bonchev–Trinajstić information content (AvgIpc) is 2.52. The molecule has 0 saturated carbocycles. The van der Waals surface area contributed by atoms with Gasteiger partial charge in [0.15, 0.2) is 11.5 Å². The molecule has 108 valence electrons. The maximum atomic E-state index is 12.5. The molecule has 4 nitrogen and oxygen atoms in total. The number of phenolic OH excluding ortho intramolecular Hbond substituents is 1. The van der Waals surface area contributed by atoms with Gasteiger partial charge in [0, 0.05) is 24.2 Å². The molecule has 1 N–H and O–H groups in total. The molecule has 0 radical (unpaired) electrons. The van der Waals surface area contributed by atoms with Crippen molar-refractivity contribution >= 4 is 5.91 Å². The number of hydrogen-bond acceptors (Lipinski definition) is 3. The van der Waals surface area contributed by atoms with Gasteiger partial charge in [-0.25, -0.2) is 0 Å². The van der Waals surface area contributed by atoms with E-state index < -0.39 is 0 Å². The third-order valence-corrected chi connectivity index (χ3v) is 3.83. The Kier molecular flexibility index (Phi) is 3.52. The Morgan fingerprint density at radius 1 is 1.19 bits per heavy atom. The van der Waals surface area contributed by atoms with Crippen LogP contribution in [-0.2, 0) is 13.0 Å². The molecule has 21 heavy (non-hydrogen) atoms. The molecule has 0 spiro atoms. The molecule has 0 bridgehead atoms. The molecule has 0 saturated heterocycles. The van der Waals surface area contributed by atoms with Crippen molar-refractivity contribution in [2.75, 3.05) is 13.7 Å². The maximum Gasteiger partial charge on any atom is 0.254 e. The third kappa shape index (κ3) is 2.44. The standard InChI is InChI=1S/C17H17NO3/c1-21-15-8-7-14-13(16(15)19)9-10-18(17(14)20)11-12-5-3-2-4-6-12/h2-8,19H,9-11H2,1H3. The molecule has 1 amide bonds. The van der Waals surface area contributed by atoms with E-state index in [1.165, 1.54) is 7.11 Å². The highest BCUT2D eigenvalue weighted by Crippen LogP contribution is 2.35. The Morgan fingerprint density at radius 3 is 2.67 bits per heavy atom.